The van der Waals surface area contributed by atoms with E-state index in [1.165, 1.54) is 0 Å². The van der Waals surface area contributed by atoms with E-state index in [4.69, 9.17) is 14.2 Å². The Morgan fingerprint density at radius 1 is 1.38 bits per heavy atom. The molecule has 2 atom stereocenters. The van der Waals surface area contributed by atoms with E-state index in [0.717, 1.165) is 26.2 Å². The van der Waals surface area contributed by atoms with E-state index < -0.39 is 0 Å². The van der Waals surface area contributed by atoms with Crippen LogP contribution in [0.5, 0.6) is 0 Å². The Bertz CT molecular complexity index is 191. The molecule has 1 aliphatic rings. The molecule has 1 N–H and O–H groups in total. The van der Waals surface area contributed by atoms with Crippen molar-refractivity contribution < 1.29 is 14.2 Å². The number of hydrogen-bond acceptors (Lipinski definition) is 4. The van der Waals surface area contributed by atoms with Crippen LogP contribution in [0, 0.1) is 5.92 Å². The Hall–Kier alpha value is -0.160. The van der Waals surface area contributed by atoms with Crippen molar-refractivity contribution in [2.45, 2.75) is 31.9 Å². The lowest BCUT2D eigenvalue weighted by molar-refractivity contribution is -0.0204. The van der Waals surface area contributed by atoms with E-state index >= 15 is 0 Å². The monoisotopic (exact) mass is 231 g/mol. The van der Waals surface area contributed by atoms with Gasteiger partial charge in [-0.05, 0) is 5.92 Å². The average Bonchev–Trinajstić information content (AvgIpc) is 2.73. The Morgan fingerprint density at radius 3 is 2.56 bits per heavy atom. The zero-order valence-corrected chi connectivity index (χ0v) is 10.9. The maximum atomic E-state index is 5.58. The zero-order chi connectivity index (χ0) is 12.0. The lowest BCUT2D eigenvalue weighted by atomic mass is 10.00. The number of methoxy groups -OCH3 is 2. The summed E-state index contributed by atoms with van der Waals surface area (Å²) in [6, 6.07) is 0.373. The normalized spacial score (nSPS) is 27.6. The van der Waals surface area contributed by atoms with Gasteiger partial charge in [0.2, 0.25) is 0 Å². The minimum atomic E-state index is -0.138. The van der Waals surface area contributed by atoms with Gasteiger partial charge in [0.25, 0.3) is 0 Å². The summed E-state index contributed by atoms with van der Waals surface area (Å²) in [5.74, 6) is 0.552. The molecule has 0 bridgehead atoms. The molecule has 0 aromatic carbocycles. The van der Waals surface area contributed by atoms with Gasteiger partial charge in [-0.1, -0.05) is 13.8 Å². The van der Waals surface area contributed by atoms with Gasteiger partial charge in [0.1, 0.15) is 5.60 Å². The van der Waals surface area contributed by atoms with Crippen molar-refractivity contribution in [1.29, 1.82) is 0 Å². The van der Waals surface area contributed by atoms with Crippen LogP contribution in [0.2, 0.25) is 0 Å². The molecule has 1 saturated heterocycles. The van der Waals surface area contributed by atoms with E-state index in [-0.39, 0.29) is 5.60 Å². The van der Waals surface area contributed by atoms with Gasteiger partial charge in [-0.2, -0.15) is 0 Å². The van der Waals surface area contributed by atoms with Gasteiger partial charge < -0.3 is 19.5 Å². The van der Waals surface area contributed by atoms with Gasteiger partial charge in [-0.3, -0.25) is 0 Å². The number of nitrogens with one attached hydrogen (secondary N) is 1. The van der Waals surface area contributed by atoms with Gasteiger partial charge in [0, 0.05) is 39.8 Å². The van der Waals surface area contributed by atoms with Crippen LogP contribution in [0.25, 0.3) is 0 Å². The molecule has 16 heavy (non-hydrogen) atoms. The van der Waals surface area contributed by atoms with E-state index in [0.29, 0.717) is 18.6 Å². The molecule has 4 nitrogen and oxygen atoms in total. The fourth-order valence-electron chi connectivity index (χ4n) is 1.94. The topological polar surface area (TPSA) is 39.7 Å². The highest BCUT2D eigenvalue weighted by atomic mass is 16.5. The Kier molecular flexibility index (Phi) is 5.69. The van der Waals surface area contributed by atoms with Gasteiger partial charge in [0.15, 0.2) is 0 Å². The first-order valence-corrected chi connectivity index (χ1v) is 5.99. The van der Waals surface area contributed by atoms with Crippen molar-refractivity contribution in [3.05, 3.63) is 0 Å². The lowest BCUT2D eigenvalue weighted by Crippen LogP contribution is -2.49. The highest BCUT2D eigenvalue weighted by Crippen LogP contribution is 2.21. The van der Waals surface area contributed by atoms with Gasteiger partial charge in [-0.15, -0.1) is 0 Å². The van der Waals surface area contributed by atoms with Crippen molar-refractivity contribution in [3.8, 4) is 0 Å². The van der Waals surface area contributed by atoms with Crippen molar-refractivity contribution in [1.82, 2.24) is 5.32 Å². The minimum Gasteiger partial charge on any atom is -0.383 e. The summed E-state index contributed by atoms with van der Waals surface area (Å²) in [5, 5.41) is 3.52. The van der Waals surface area contributed by atoms with Crippen LogP contribution in [-0.2, 0) is 14.2 Å². The number of hydrogen-bond donors (Lipinski definition) is 1. The standard InChI is InChI=1S/C12H25NO3/c1-10(2)11(7-14-3)13-8-12(15-4)5-6-16-9-12/h10-11,13H,5-9H2,1-4H3. The molecule has 4 heteroatoms. The quantitative estimate of drug-likeness (QED) is 0.711. The van der Waals surface area contributed by atoms with Crippen LogP contribution < -0.4 is 5.32 Å². The number of rotatable bonds is 7. The smallest absolute Gasteiger partial charge is 0.106 e. The zero-order valence-electron chi connectivity index (χ0n) is 10.9. The second-order valence-corrected chi connectivity index (χ2v) is 4.88. The van der Waals surface area contributed by atoms with Crippen molar-refractivity contribution in [3.63, 3.8) is 0 Å². The molecule has 0 aromatic heterocycles. The molecule has 0 spiro atoms. The molecular weight excluding hydrogens is 206 g/mol. The Morgan fingerprint density at radius 2 is 2.12 bits per heavy atom. The Balaban J connectivity index is 2.40. The molecule has 0 aromatic rings. The first kappa shape index (κ1) is 13.9. The second-order valence-electron chi connectivity index (χ2n) is 4.88. The summed E-state index contributed by atoms with van der Waals surface area (Å²) in [6.07, 6.45) is 0.967. The summed E-state index contributed by atoms with van der Waals surface area (Å²) in [6.45, 7) is 7.44. The van der Waals surface area contributed by atoms with Gasteiger partial charge in [-0.25, -0.2) is 0 Å². The maximum absolute atomic E-state index is 5.58. The first-order chi connectivity index (χ1) is 7.63. The molecule has 0 saturated carbocycles. The highest BCUT2D eigenvalue weighted by molar-refractivity contribution is 4.88. The van der Waals surface area contributed by atoms with Crippen molar-refractivity contribution in [2.24, 2.45) is 5.92 Å². The fourth-order valence-corrected chi connectivity index (χ4v) is 1.94. The highest BCUT2D eigenvalue weighted by Gasteiger charge is 2.35. The van der Waals surface area contributed by atoms with Crippen molar-refractivity contribution >= 4 is 0 Å². The molecule has 1 fully saturated rings. The third kappa shape index (κ3) is 3.70. The SMILES string of the molecule is COCC(NCC1(OC)CCOC1)C(C)C. The molecule has 1 heterocycles. The lowest BCUT2D eigenvalue weighted by Gasteiger charge is -2.30. The van der Waals surface area contributed by atoms with Crippen LogP contribution in [0.4, 0.5) is 0 Å². The minimum absolute atomic E-state index is 0.138. The maximum Gasteiger partial charge on any atom is 0.106 e. The van der Waals surface area contributed by atoms with Gasteiger partial charge >= 0.3 is 0 Å². The summed E-state index contributed by atoms with van der Waals surface area (Å²) in [7, 11) is 3.50. The van der Waals surface area contributed by atoms with Gasteiger partial charge in [0.05, 0.1) is 13.2 Å². The largest absolute Gasteiger partial charge is 0.383 e. The van der Waals surface area contributed by atoms with E-state index in [9.17, 15) is 0 Å². The molecule has 1 rings (SSSR count). The third-order valence-corrected chi connectivity index (χ3v) is 3.34. The third-order valence-electron chi connectivity index (χ3n) is 3.34. The summed E-state index contributed by atoms with van der Waals surface area (Å²) in [4.78, 5) is 0. The average molecular weight is 231 g/mol. The molecule has 0 radical (unpaired) electrons. The Labute approximate surface area is 98.6 Å². The molecule has 1 aliphatic heterocycles. The summed E-state index contributed by atoms with van der Waals surface area (Å²) < 4.78 is 16.2. The van der Waals surface area contributed by atoms with Crippen LogP contribution in [0.15, 0.2) is 0 Å². The van der Waals surface area contributed by atoms with Crippen molar-refractivity contribution in [2.75, 3.05) is 40.6 Å². The van der Waals surface area contributed by atoms with E-state index in [1.807, 2.05) is 0 Å². The van der Waals surface area contributed by atoms with Crippen LogP contribution >= 0.6 is 0 Å². The van der Waals surface area contributed by atoms with Crippen LogP contribution in [0.3, 0.4) is 0 Å². The fraction of sp³-hybridized carbons (Fsp3) is 1.00. The van der Waals surface area contributed by atoms with E-state index in [2.05, 4.69) is 19.2 Å². The number of ether oxygens (including phenoxy) is 3. The molecule has 0 aliphatic carbocycles. The first-order valence-electron chi connectivity index (χ1n) is 5.99. The predicted octanol–water partition coefficient (Wildman–Crippen LogP) is 1.05. The molecule has 96 valence electrons. The molecule has 0 amide bonds. The van der Waals surface area contributed by atoms with E-state index in [1.54, 1.807) is 14.2 Å². The van der Waals surface area contributed by atoms with Crippen LogP contribution in [-0.4, -0.2) is 52.2 Å². The summed E-state index contributed by atoms with van der Waals surface area (Å²) in [5.41, 5.74) is -0.138. The predicted molar refractivity (Wildman–Crippen MR) is 63.7 cm³/mol. The summed E-state index contributed by atoms with van der Waals surface area (Å²) >= 11 is 0. The second kappa shape index (κ2) is 6.55. The molecule has 2 unspecified atom stereocenters. The van der Waals surface area contributed by atoms with Crippen LogP contribution in [0.1, 0.15) is 20.3 Å². The molecular formula is C12H25NO3.